The number of aryl methyl sites for hydroxylation is 1. The molecular weight excluding hydrogens is 336 g/mol. The molecule has 5 heteroatoms. The highest BCUT2D eigenvalue weighted by Gasteiger charge is 2.54. The number of unbranched alkanes of at least 4 members (excludes halogenated alkanes) is 1. The second kappa shape index (κ2) is 8.33. The van der Waals surface area contributed by atoms with Crippen molar-refractivity contribution >= 4 is 24.2 Å². The quantitative estimate of drug-likeness (QED) is 0.551. The van der Waals surface area contributed by atoms with E-state index in [4.69, 9.17) is 0 Å². The molecule has 1 aliphatic carbocycles. The average Bonchev–Trinajstić information content (AvgIpc) is 3.08. The van der Waals surface area contributed by atoms with Gasteiger partial charge in [0.2, 0.25) is 11.8 Å². The number of carbonyl (C=O) groups is 2. The van der Waals surface area contributed by atoms with E-state index in [1.165, 1.54) is 10.5 Å². The Kier molecular flexibility index (Phi) is 6.64. The Labute approximate surface area is 157 Å². The Bertz CT molecular complexity index is 630. The molecule has 0 bridgehead atoms. The van der Waals surface area contributed by atoms with Gasteiger partial charge in [0.25, 0.3) is 0 Å². The van der Waals surface area contributed by atoms with Gasteiger partial charge in [-0.05, 0) is 56.4 Å². The molecule has 1 heterocycles. The Morgan fingerprint density at radius 1 is 1.12 bits per heavy atom. The van der Waals surface area contributed by atoms with Gasteiger partial charge < -0.3 is 4.90 Å². The summed E-state index contributed by atoms with van der Waals surface area (Å²) in [5, 5.41) is 0. The molecule has 1 atom stereocenters. The summed E-state index contributed by atoms with van der Waals surface area (Å²) >= 11 is 0. The lowest BCUT2D eigenvalue weighted by Crippen LogP contribution is -2.38. The fourth-order valence-electron chi connectivity index (χ4n) is 4.27. The molecule has 4 nitrogen and oxygen atoms in total. The molecule has 2 aliphatic rings. The van der Waals surface area contributed by atoms with E-state index in [1.54, 1.807) is 0 Å². The van der Waals surface area contributed by atoms with Crippen LogP contribution in [0.2, 0.25) is 0 Å². The second-order valence-electron chi connectivity index (χ2n) is 7.00. The Morgan fingerprint density at radius 3 is 2.56 bits per heavy atom. The Morgan fingerprint density at radius 2 is 1.84 bits per heavy atom. The van der Waals surface area contributed by atoms with Crippen LogP contribution in [0.1, 0.15) is 50.7 Å². The van der Waals surface area contributed by atoms with Crippen molar-refractivity contribution in [3.05, 3.63) is 35.4 Å². The predicted octanol–water partition coefficient (Wildman–Crippen LogP) is 3.17. The maximum atomic E-state index is 13.0. The van der Waals surface area contributed by atoms with Gasteiger partial charge in [-0.15, -0.1) is 12.4 Å². The first-order valence-electron chi connectivity index (χ1n) is 9.28. The number of halogens is 1. The molecule has 25 heavy (non-hydrogen) atoms. The van der Waals surface area contributed by atoms with Gasteiger partial charge in [-0.25, -0.2) is 0 Å². The zero-order chi connectivity index (χ0) is 17.2. The topological polar surface area (TPSA) is 40.6 Å². The van der Waals surface area contributed by atoms with Crippen molar-refractivity contribution < 1.29 is 9.59 Å². The van der Waals surface area contributed by atoms with Crippen LogP contribution in [0.5, 0.6) is 0 Å². The fourth-order valence-corrected chi connectivity index (χ4v) is 4.27. The Hall–Kier alpha value is -1.39. The summed E-state index contributed by atoms with van der Waals surface area (Å²) in [7, 11) is 0. The standard InChI is InChI=1S/C20H28N2O2.ClH/c1-3-21(4-2)13-7-8-14-22-18(23)15-20(19(22)24)12-11-16-9-5-6-10-17(16)20;/h5-6,9-10H,3-4,7-8,11-15H2,1-2H3;1H. The number of benzene rings is 1. The summed E-state index contributed by atoms with van der Waals surface area (Å²) in [4.78, 5) is 29.4. The number of hydrogen-bond donors (Lipinski definition) is 0. The minimum atomic E-state index is -0.563. The minimum absolute atomic E-state index is 0. The van der Waals surface area contributed by atoms with E-state index in [9.17, 15) is 9.59 Å². The first-order chi connectivity index (χ1) is 11.6. The lowest BCUT2D eigenvalue weighted by molar-refractivity contribution is -0.140. The van der Waals surface area contributed by atoms with Crippen LogP contribution in [0.3, 0.4) is 0 Å². The second-order valence-corrected chi connectivity index (χ2v) is 7.00. The van der Waals surface area contributed by atoms with Crippen molar-refractivity contribution in [1.29, 1.82) is 0 Å². The SMILES string of the molecule is CCN(CC)CCCCN1C(=O)CC2(CCc3ccccc32)C1=O.Cl. The minimum Gasteiger partial charge on any atom is -0.304 e. The first kappa shape index (κ1) is 19.9. The Balaban J connectivity index is 0.00000225. The fraction of sp³-hybridized carbons (Fsp3) is 0.600. The van der Waals surface area contributed by atoms with Gasteiger partial charge in [-0.2, -0.15) is 0 Å². The largest absolute Gasteiger partial charge is 0.304 e. The average molecular weight is 365 g/mol. The van der Waals surface area contributed by atoms with Crippen molar-refractivity contribution in [2.75, 3.05) is 26.2 Å². The van der Waals surface area contributed by atoms with Gasteiger partial charge >= 0.3 is 0 Å². The molecule has 1 aromatic carbocycles. The maximum absolute atomic E-state index is 13.0. The number of hydrogen-bond acceptors (Lipinski definition) is 3. The lowest BCUT2D eigenvalue weighted by atomic mass is 9.80. The molecule has 1 unspecified atom stereocenters. The van der Waals surface area contributed by atoms with Crippen molar-refractivity contribution in [2.45, 2.75) is 51.4 Å². The van der Waals surface area contributed by atoms with Crippen molar-refractivity contribution in [2.24, 2.45) is 0 Å². The summed E-state index contributed by atoms with van der Waals surface area (Å²) in [5.74, 6) is 0.0554. The molecule has 138 valence electrons. The van der Waals surface area contributed by atoms with Crippen LogP contribution in [0.25, 0.3) is 0 Å². The zero-order valence-electron chi connectivity index (χ0n) is 15.3. The third-order valence-corrected chi connectivity index (χ3v) is 5.76. The van der Waals surface area contributed by atoms with Crippen molar-refractivity contribution in [3.63, 3.8) is 0 Å². The third-order valence-electron chi connectivity index (χ3n) is 5.76. The van der Waals surface area contributed by atoms with Crippen LogP contribution in [-0.4, -0.2) is 47.8 Å². The summed E-state index contributed by atoms with van der Waals surface area (Å²) in [6.07, 6.45) is 3.98. The number of rotatable bonds is 7. The number of fused-ring (bicyclic) bond motifs is 2. The number of amides is 2. The molecule has 1 fully saturated rings. The molecule has 2 amide bonds. The molecule has 3 rings (SSSR count). The predicted molar refractivity (Wildman–Crippen MR) is 102 cm³/mol. The van der Waals surface area contributed by atoms with Crippen LogP contribution in [0.4, 0.5) is 0 Å². The monoisotopic (exact) mass is 364 g/mol. The zero-order valence-corrected chi connectivity index (χ0v) is 16.1. The highest BCUT2D eigenvalue weighted by atomic mass is 35.5. The highest BCUT2D eigenvalue weighted by Crippen LogP contribution is 2.46. The van der Waals surface area contributed by atoms with Crippen LogP contribution in [-0.2, 0) is 21.4 Å². The molecule has 1 aliphatic heterocycles. The molecule has 1 aromatic rings. The van der Waals surface area contributed by atoms with E-state index in [2.05, 4.69) is 24.8 Å². The van der Waals surface area contributed by atoms with Crippen molar-refractivity contribution in [3.8, 4) is 0 Å². The molecule has 0 radical (unpaired) electrons. The summed E-state index contributed by atoms with van der Waals surface area (Å²) in [5.41, 5.74) is 1.77. The molecule has 0 N–H and O–H groups in total. The normalized spacial score (nSPS) is 22.0. The van der Waals surface area contributed by atoms with Gasteiger partial charge in [0, 0.05) is 13.0 Å². The molecule has 0 saturated carbocycles. The number of carbonyl (C=O) groups excluding carboxylic acids is 2. The van der Waals surface area contributed by atoms with E-state index in [-0.39, 0.29) is 24.2 Å². The third kappa shape index (κ3) is 3.61. The van der Waals surface area contributed by atoms with E-state index < -0.39 is 5.41 Å². The number of nitrogens with zero attached hydrogens (tertiary/aromatic N) is 2. The first-order valence-corrected chi connectivity index (χ1v) is 9.28. The smallest absolute Gasteiger partial charge is 0.240 e. The van der Waals surface area contributed by atoms with Gasteiger partial charge in [0.15, 0.2) is 0 Å². The molecule has 1 saturated heterocycles. The summed E-state index contributed by atoms with van der Waals surface area (Å²) in [6.45, 7) is 8.05. The van der Waals surface area contributed by atoms with E-state index in [0.29, 0.717) is 13.0 Å². The number of imide groups is 1. The molecule has 0 aromatic heterocycles. The summed E-state index contributed by atoms with van der Waals surface area (Å²) < 4.78 is 0. The van der Waals surface area contributed by atoms with E-state index in [1.807, 2.05) is 18.2 Å². The van der Waals surface area contributed by atoms with E-state index in [0.717, 1.165) is 50.9 Å². The van der Waals surface area contributed by atoms with Gasteiger partial charge in [0.05, 0.1) is 5.41 Å². The van der Waals surface area contributed by atoms with E-state index >= 15 is 0 Å². The van der Waals surface area contributed by atoms with Crippen LogP contribution < -0.4 is 0 Å². The van der Waals surface area contributed by atoms with Gasteiger partial charge in [-0.1, -0.05) is 38.1 Å². The highest BCUT2D eigenvalue weighted by molar-refractivity contribution is 6.09. The van der Waals surface area contributed by atoms with Gasteiger partial charge in [0.1, 0.15) is 0 Å². The van der Waals surface area contributed by atoms with Crippen LogP contribution >= 0.6 is 12.4 Å². The summed E-state index contributed by atoms with van der Waals surface area (Å²) in [6, 6.07) is 8.13. The maximum Gasteiger partial charge on any atom is 0.240 e. The number of likely N-dealkylation sites (tertiary alicyclic amines) is 1. The lowest BCUT2D eigenvalue weighted by Gasteiger charge is -2.23. The molecule has 1 spiro atoms. The van der Waals surface area contributed by atoms with Crippen LogP contribution in [0, 0.1) is 0 Å². The van der Waals surface area contributed by atoms with Gasteiger partial charge in [-0.3, -0.25) is 14.5 Å². The molecular formula is C20H29ClN2O2. The van der Waals surface area contributed by atoms with Crippen molar-refractivity contribution in [1.82, 2.24) is 9.80 Å². The van der Waals surface area contributed by atoms with Crippen LogP contribution in [0.15, 0.2) is 24.3 Å².